The lowest BCUT2D eigenvalue weighted by atomic mass is 9.68. The number of sulfonamides is 1. The maximum Gasteiger partial charge on any atom is 0.325 e. The Morgan fingerprint density at radius 1 is 0.491 bits per heavy atom. The molecule has 0 saturated heterocycles. The van der Waals surface area contributed by atoms with Crippen molar-refractivity contribution in [2.45, 2.75) is 183 Å². The molecule has 0 aliphatic rings. The van der Waals surface area contributed by atoms with Crippen LogP contribution in [0.25, 0.3) is 0 Å². The van der Waals surface area contributed by atoms with Crippen molar-refractivity contribution in [3.05, 3.63) is 0 Å². The third kappa shape index (κ3) is 27.3. The van der Waals surface area contributed by atoms with Crippen LogP contribution in [-0.2, 0) is 34.5 Å². The molecule has 0 rings (SSSR count). The number of rotatable bonds is 14. The zero-order valence-electron chi connectivity index (χ0n) is 39.6. The van der Waals surface area contributed by atoms with Crippen LogP contribution in [0.5, 0.6) is 0 Å². The van der Waals surface area contributed by atoms with Crippen molar-refractivity contribution in [1.29, 1.82) is 0 Å². The Kier molecular flexibility index (Phi) is 24.0. The van der Waals surface area contributed by atoms with Gasteiger partial charge in [0, 0.05) is 0 Å². The van der Waals surface area contributed by atoms with E-state index in [1.807, 2.05) is 27.7 Å². The van der Waals surface area contributed by atoms with E-state index in [-0.39, 0.29) is 66.2 Å². The summed E-state index contributed by atoms with van der Waals surface area (Å²) in [6.07, 6.45) is 2.43. The fourth-order valence-electron chi connectivity index (χ4n) is 3.43. The largest absolute Gasteiger partial charge is 0.325 e. The third-order valence-corrected chi connectivity index (χ3v) is 18.3. The maximum absolute atomic E-state index is 11.7. The minimum atomic E-state index is -3.83. The Balaban J connectivity index is -0.000000316. The number of sulfone groups is 1. The van der Waals surface area contributed by atoms with Crippen LogP contribution >= 0.6 is 7.60 Å². The summed E-state index contributed by atoms with van der Waals surface area (Å²) >= 11 is 0. The van der Waals surface area contributed by atoms with Gasteiger partial charge in [0.15, 0.2) is 9.84 Å². The normalized spacial score (nSPS) is 14.6. The highest BCUT2D eigenvalue weighted by molar-refractivity contribution is 7.92. The van der Waals surface area contributed by atoms with E-state index in [9.17, 15) is 29.8 Å². The van der Waals surface area contributed by atoms with Gasteiger partial charge in [-0.15, -0.1) is 0 Å². The molecule has 0 aromatic rings. The highest BCUT2D eigenvalue weighted by Gasteiger charge is 2.36. The van der Waals surface area contributed by atoms with Crippen LogP contribution in [0.3, 0.4) is 0 Å². The minimum Gasteiger partial charge on any atom is -0.324 e. The van der Waals surface area contributed by atoms with Gasteiger partial charge >= 0.3 is 7.60 Å². The zero-order valence-corrected chi connectivity index (χ0v) is 42.9. The van der Waals surface area contributed by atoms with Crippen molar-refractivity contribution < 1.29 is 44.2 Å². The molecule has 0 amide bonds. The highest BCUT2D eigenvalue weighted by Crippen LogP contribution is 2.46. The lowest BCUT2D eigenvalue weighted by Gasteiger charge is -2.39. The van der Waals surface area contributed by atoms with E-state index in [4.69, 9.17) is 14.3 Å². The number of nitrogens with one attached hydrogen (secondary N) is 1. The summed E-state index contributed by atoms with van der Waals surface area (Å²) in [6, 6.07) is 0. The molecule has 55 heavy (non-hydrogen) atoms. The summed E-state index contributed by atoms with van der Waals surface area (Å²) in [5, 5.41) is -0.256. The van der Waals surface area contributed by atoms with Gasteiger partial charge in [-0.1, -0.05) is 138 Å². The average molecular weight is 872 g/mol. The first-order valence-corrected chi connectivity index (χ1v) is 26.2. The van der Waals surface area contributed by atoms with Gasteiger partial charge in [-0.2, -0.15) is 8.42 Å². The van der Waals surface area contributed by atoms with E-state index in [2.05, 4.69) is 116 Å². The predicted molar refractivity (Wildman–Crippen MR) is 237 cm³/mol. The van der Waals surface area contributed by atoms with Crippen molar-refractivity contribution in [2.75, 3.05) is 30.5 Å². The molecule has 0 saturated carbocycles. The molecule has 0 radical (unpaired) electrons. The summed E-state index contributed by atoms with van der Waals surface area (Å²) in [5.74, 6) is 0.347. The van der Waals surface area contributed by atoms with Crippen LogP contribution in [0.15, 0.2) is 0 Å². The van der Waals surface area contributed by atoms with Crippen LogP contribution < -0.4 is 4.72 Å². The average Bonchev–Trinajstić information content (AvgIpc) is 2.91. The van der Waals surface area contributed by atoms with Crippen LogP contribution in [0.2, 0.25) is 0 Å². The molecule has 0 bridgehead atoms. The monoisotopic (exact) mass is 872 g/mol. The molecule has 0 aromatic heterocycles. The van der Waals surface area contributed by atoms with Gasteiger partial charge in [0.2, 0.25) is 10.0 Å². The molecular formula is C40H90NO10PS3. The van der Waals surface area contributed by atoms with Crippen molar-refractivity contribution in [3.63, 3.8) is 0 Å². The minimum absolute atomic E-state index is 0.0166. The molecule has 338 valence electrons. The van der Waals surface area contributed by atoms with E-state index < -0.39 is 37.6 Å². The molecule has 4 N–H and O–H groups in total. The van der Waals surface area contributed by atoms with Crippen LogP contribution in [0.1, 0.15) is 178 Å². The molecule has 0 heterocycles. The van der Waals surface area contributed by atoms with Crippen LogP contribution in [0.4, 0.5) is 0 Å². The molecule has 0 unspecified atom stereocenters. The fraction of sp³-hybridized carbons (Fsp3) is 1.00. The van der Waals surface area contributed by atoms with E-state index in [0.29, 0.717) is 25.0 Å². The molecule has 0 aliphatic carbocycles. The smallest absolute Gasteiger partial charge is 0.324 e. The molecule has 15 heteroatoms. The molecule has 0 aliphatic heterocycles. The van der Waals surface area contributed by atoms with Crippen molar-refractivity contribution >= 4 is 37.6 Å². The zero-order chi connectivity index (χ0) is 45.9. The molecule has 0 spiro atoms. The molecule has 0 atom stereocenters. The maximum atomic E-state index is 11.7. The van der Waals surface area contributed by atoms with Gasteiger partial charge in [-0.05, 0) is 89.9 Å². The van der Waals surface area contributed by atoms with E-state index >= 15 is 0 Å². The Hall–Kier alpha value is -0.0800. The van der Waals surface area contributed by atoms with Gasteiger partial charge in [0.1, 0.15) is 0 Å². The first-order chi connectivity index (χ1) is 23.3. The van der Waals surface area contributed by atoms with Crippen molar-refractivity contribution in [2.24, 2.45) is 43.3 Å². The van der Waals surface area contributed by atoms with Gasteiger partial charge in [0.25, 0.3) is 10.1 Å². The molecule has 11 nitrogen and oxygen atoms in total. The molecule has 0 fully saturated rings. The summed E-state index contributed by atoms with van der Waals surface area (Å²) in [5.41, 5.74) is 0.304. The summed E-state index contributed by atoms with van der Waals surface area (Å²) in [7, 11) is -12.1. The highest BCUT2D eigenvalue weighted by atomic mass is 32.2. The Labute approximate surface area is 342 Å². The first kappa shape index (κ1) is 61.6. The number of hydrogen-bond donors (Lipinski definition) is 4. The van der Waals surface area contributed by atoms with Crippen molar-refractivity contribution in [3.8, 4) is 0 Å². The molecule has 0 aromatic carbocycles. The third-order valence-electron chi connectivity index (χ3n) is 13.2. The first-order valence-electron chi connectivity index (χ1n) is 19.5. The van der Waals surface area contributed by atoms with Crippen LogP contribution in [-0.4, -0.2) is 75.3 Å². The SMILES string of the molecule is CC(C)(C)C(C)(C)CCP(=O)(O)O.CC(C)(C)C(C)(C)CCS(=O)(=O)O.CC(C)S(=O)(=O)CCC(C)(C)C(C)(C)C.CNS(=O)(=O)CCC(C)(C)C(C)(C)C. The number of hydrogen-bond acceptors (Lipinski definition) is 7. The topological polar surface area (TPSA) is 192 Å². The van der Waals surface area contributed by atoms with E-state index in [1.54, 1.807) is 13.8 Å². The Bertz CT molecular complexity index is 1500. The second-order valence-corrected chi connectivity index (χ2v) is 30.2. The second-order valence-electron chi connectivity index (χ2n) is 22.1. The standard InChI is InChI=1S/C12H26O2S.C10H23NO2S.C9H21O3P.C9H20O3S/c1-10(2)15(13,14)9-8-12(6,7)11(3,4)5;1-9(2,3)10(4,5)7-8-14(12,13)11-6;2*1-8(2,3)9(4,5)6-7-13(10,11)12/h10H,8-9H2,1-7H3;11H,7-8H2,1-6H3;6-7H2,1-5H3,(H2,10,11,12);6-7H2,1-5H3,(H,10,11,12). The van der Waals surface area contributed by atoms with Crippen LogP contribution in [0, 0.1) is 43.3 Å². The fourth-order valence-corrected chi connectivity index (χ4v) is 7.30. The summed E-state index contributed by atoms with van der Waals surface area (Å²) in [6.45, 7) is 45.5. The van der Waals surface area contributed by atoms with Crippen molar-refractivity contribution in [1.82, 2.24) is 4.72 Å². The second kappa shape index (κ2) is 21.4. The van der Waals surface area contributed by atoms with Gasteiger partial charge < -0.3 is 9.79 Å². The van der Waals surface area contributed by atoms with Gasteiger partial charge in [0.05, 0.1) is 28.7 Å². The summed E-state index contributed by atoms with van der Waals surface area (Å²) in [4.78, 5) is 17.5. The Morgan fingerprint density at radius 3 is 0.964 bits per heavy atom. The lowest BCUT2D eigenvalue weighted by Crippen LogP contribution is -2.33. The predicted octanol–water partition coefficient (Wildman–Crippen LogP) is 10.2. The lowest BCUT2D eigenvalue weighted by molar-refractivity contribution is 0.125. The summed E-state index contributed by atoms with van der Waals surface area (Å²) < 4.78 is 88.7. The van der Waals surface area contributed by atoms with Gasteiger partial charge in [-0.25, -0.2) is 21.6 Å². The molecular weight excluding hydrogens is 782 g/mol. The van der Waals surface area contributed by atoms with E-state index in [0.717, 1.165) is 6.42 Å². The van der Waals surface area contributed by atoms with E-state index in [1.165, 1.54) is 7.05 Å². The van der Waals surface area contributed by atoms with Gasteiger partial charge in [-0.3, -0.25) is 9.12 Å². The Morgan fingerprint density at radius 2 is 0.745 bits per heavy atom. The quantitative estimate of drug-likeness (QED) is 0.0964.